The lowest BCUT2D eigenvalue weighted by Crippen LogP contribution is -2.38. The fourth-order valence-electron chi connectivity index (χ4n) is 2.13. The fourth-order valence-corrected chi connectivity index (χ4v) is 3.51. The van der Waals surface area contributed by atoms with Gasteiger partial charge in [-0.2, -0.15) is 0 Å². The molecule has 1 aromatic carbocycles. The number of sulfonamides is 1. The van der Waals surface area contributed by atoms with Crippen molar-refractivity contribution in [3.05, 3.63) is 41.9 Å². The molecule has 2 rings (SSSR count). The minimum atomic E-state index is -3.88. The molecule has 0 saturated heterocycles. The summed E-state index contributed by atoms with van der Waals surface area (Å²) in [5.74, 6) is -2.48. The third-order valence-electron chi connectivity index (χ3n) is 3.33. The molecule has 1 atom stereocenters. The highest BCUT2D eigenvalue weighted by Crippen LogP contribution is 2.13. The number of nitrogens with zero attached hydrogens (tertiary/aromatic N) is 1. The van der Waals surface area contributed by atoms with E-state index in [2.05, 4.69) is 20.5 Å². The van der Waals surface area contributed by atoms with Crippen molar-refractivity contribution in [2.24, 2.45) is 5.92 Å². The first-order valence-corrected chi connectivity index (χ1v) is 9.57. The van der Waals surface area contributed by atoms with Crippen molar-refractivity contribution in [2.75, 3.05) is 22.3 Å². The van der Waals surface area contributed by atoms with Gasteiger partial charge in [-0.15, -0.1) is 0 Å². The summed E-state index contributed by atoms with van der Waals surface area (Å²) < 4.78 is 44.3. The van der Waals surface area contributed by atoms with Crippen LogP contribution >= 0.6 is 0 Å². The molecule has 3 N–H and O–H groups in total. The summed E-state index contributed by atoms with van der Waals surface area (Å²) in [7, 11) is -3.88. The number of amides is 2. The average Bonchev–Trinajstić information content (AvgIpc) is 2.96. The Morgan fingerprint density at radius 1 is 1.30 bits per heavy atom. The molecule has 11 heteroatoms. The number of anilines is 2. The summed E-state index contributed by atoms with van der Waals surface area (Å²) in [5, 5.41) is 8.34. The summed E-state index contributed by atoms with van der Waals surface area (Å²) >= 11 is 0. The Hall–Kier alpha value is -2.95. The molecule has 0 bridgehead atoms. The largest absolute Gasteiger partial charge is 0.360 e. The molecule has 2 aromatic rings. The number of aromatic nitrogens is 1. The van der Waals surface area contributed by atoms with Gasteiger partial charge in [-0.1, -0.05) is 18.1 Å². The van der Waals surface area contributed by atoms with Crippen LogP contribution in [0.2, 0.25) is 0 Å². The first-order chi connectivity index (χ1) is 12.6. The van der Waals surface area contributed by atoms with E-state index in [0.717, 1.165) is 6.07 Å². The number of hydrogen-bond acceptors (Lipinski definition) is 6. The summed E-state index contributed by atoms with van der Waals surface area (Å²) in [6.45, 7) is 2.70. The second-order valence-corrected chi connectivity index (χ2v) is 7.65. The first-order valence-electron chi connectivity index (χ1n) is 7.91. The zero-order valence-corrected chi connectivity index (χ0v) is 15.5. The predicted octanol–water partition coefficient (Wildman–Crippen LogP) is 1.25. The highest BCUT2D eigenvalue weighted by molar-refractivity contribution is 7.92. The van der Waals surface area contributed by atoms with Gasteiger partial charge in [0.15, 0.2) is 5.82 Å². The molecule has 1 aromatic heterocycles. The normalized spacial score (nSPS) is 12.3. The van der Waals surface area contributed by atoms with Gasteiger partial charge < -0.3 is 15.2 Å². The lowest BCUT2D eigenvalue weighted by atomic mass is 10.2. The second-order valence-electron chi connectivity index (χ2n) is 5.88. The molecular weight excluding hydrogens is 379 g/mol. The van der Waals surface area contributed by atoms with E-state index in [1.807, 2.05) is 0 Å². The van der Waals surface area contributed by atoms with Crippen LogP contribution in [0.3, 0.4) is 0 Å². The van der Waals surface area contributed by atoms with Crippen LogP contribution in [-0.4, -0.2) is 37.7 Å². The van der Waals surface area contributed by atoms with Crippen molar-refractivity contribution in [1.29, 1.82) is 0 Å². The number of nitrogens with one attached hydrogen (secondary N) is 3. The van der Waals surface area contributed by atoms with Crippen LogP contribution in [0.15, 0.2) is 34.9 Å². The maximum atomic E-state index is 13.1. The number of hydrogen-bond donors (Lipinski definition) is 3. The Bertz CT molecular complexity index is 928. The van der Waals surface area contributed by atoms with Gasteiger partial charge in [-0.3, -0.25) is 14.3 Å². The van der Waals surface area contributed by atoms with E-state index in [-0.39, 0.29) is 18.1 Å². The van der Waals surface area contributed by atoms with E-state index in [1.165, 1.54) is 31.2 Å². The first kappa shape index (κ1) is 20.4. The number of carbonyl (C=O) groups excluding carboxylic acids is 2. The van der Waals surface area contributed by atoms with Crippen molar-refractivity contribution in [3.8, 4) is 0 Å². The van der Waals surface area contributed by atoms with Crippen LogP contribution < -0.4 is 15.4 Å². The lowest BCUT2D eigenvalue weighted by molar-refractivity contribution is -0.126. The van der Waals surface area contributed by atoms with Crippen LogP contribution in [0.4, 0.5) is 15.9 Å². The van der Waals surface area contributed by atoms with E-state index in [9.17, 15) is 22.4 Å². The second kappa shape index (κ2) is 8.62. The molecule has 9 nitrogen and oxygen atoms in total. The van der Waals surface area contributed by atoms with Gasteiger partial charge >= 0.3 is 0 Å². The van der Waals surface area contributed by atoms with Crippen LogP contribution in [0.1, 0.15) is 12.7 Å². The fraction of sp³-hybridized carbons (Fsp3) is 0.312. The Labute approximate surface area is 155 Å². The van der Waals surface area contributed by atoms with E-state index in [0.29, 0.717) is 5.76 Å². The van der Waals surface area contributed by atoms with Gasteiger partial charge in [-0.25, -0.2) is 12.8 Å². The molecule has 2 amide bonds. The highest BCUT2D eigenvalue weighted by atomic mass is 32.2. The molecular formula is C16H19FN4O5S. The molecule has 146 valence electrons. The molecule has 0 fully saturated rings. The third-order valence-corrected chi connectivity index (χ3v) is 4.82. The lowest BCUT2D eigenvalue weighted by Gasteiger charge is -2.13. The van der Waals surface area contributed by atoms with Gasteiger partial charge in [0, 0.05) is 6.07 Å². The Morgan fingerprint density at radius 2 is 2.04 bits per heavy atom. The SMILES string of the molecule is Cc1cc(NC(=O)CNC(=O)C(C)CS(=O)(=O)Nc2cccc(F)c2)no1. The average molecular weight is 398 g/mol. The molecule has 27 heavy (non-hydrogen) atoms. The summed E-state index contributed by atoms with van der Waals surface area (Å²) in [5.41, 5.74) is 0.0601. The third kappa shape index (κ3) is 6.70. The molecule has 1 heterocycles. The summed E-state index contributed by atoms with van der Waals surface area (Å²) in [6, 6.07) is 6.46. The Kier molecular flexibility index (Phi) is 6.50. The topological polar surface area (TPSA) is 130 Å². The van der Waals surface area contributed by atoms with Crippen LogP contribution in [0.5, 0.6) is 0 Å². The standard InChI is InChI=1S/C16H19FN4O5S/c1-10(9-27(24,25)21-13-5-3-4-12(17)7-13)16(23)18-8-15(22)19-14-6-11(2)26-20-14/h3-7,10,21H,8-9H2,1-2H3,(H,18,23)(H,19,20,22). The quantitative estimate of drug-likeness (QED) is 0.614. The van der Waals surface area contributed by atoms with Gasteiger partial charge in [0.05, 0.1) is 23.9 Å². The number of rotatable bonds is 8. The van der Waals surface area contributed by atoms with E-state index >= 15 is 0 Å². The van der Waals surface area contributed by atoms with Crippen molar-refractivity contribution in [2.45, 2.75) is 13.8 Å². The smallest absolute Gasteiger partial charge is 0.245 e. The molecule has 0 spiro atoms. The molecule has 0 saturated carbocycles. The van der Waals surface area contributed by atoms with Crippen molar-refractivity contribution < 1.29 is 26.9 Å². The van der Waals surface area contributed by atoms with Crippen LogP contribution in [0.25, 0.3) is 0 Å². The zero-order chi connectivity index (χ0) is 20.0. The van der Waals surface area contributed by atoms with Crippen molar-refractivity contribution in [3.63, 3.8) is 0 Å². The number of benzene rings is 1. The number of halogens is 1. The van der Waals surface area contributed by atoms with E-state index in [4.69, 9.17) is 4.52 Å². The molecule has 0 radical (unpaired) electrons. The zero-order valence-electron chi connectivity index (χ0n) is 14.7. The van der Waals surface area contributed by atoms with Crippen LogP contribution in [0, 0.1) is 18.7 Å². The molecule has 0 aliphatic carbocycles. The van der Waals surface area contributed by atoms with E-state index < -0.39 is 39.3 Å². The molecule has 0 aliphatic heterocycles. The maximum absolute atomic E-state index is 13.1. The van der Waals surface area contributed by atoms with Gasteiger partial charge in [0.1, 0.15) is 11.6 Å². The molecule has 1 unspecified atom stereocenters. The van der Waals surface area contributed by atoms with Crippen molar-refractivity contribution >= 4 is 33.3 Å². The van der Waals surface area contributed by atoms with E-state index in [1.54, 1.807) is 6.92 Å². The number of carbonyl (C=O) groups is 2. The number of aryl methyl sites for hydroxylation is 1. The Morgan fingerprint density at radius 3 is 2.67 bits per heavy atom. The summed E-state index contributed by atoms with van der Waals surface area (Å²) in [4.78, 5) is 23.7. The van der Waals surface area contributed by atoms with Gasteiger partial charge in [0.2, 0.25) is 21.8 Å². The predicted molar refractivity (Wildman–Crippen MR) is 95.9 cm³/mol. The van der Waals surface area contributed by atoms with Gasteiger partial charge in [-0.05, 0) is 25.1 Å². The molecule has 0 aliphatic rings. The summed E-state index contributed by atoms with van der Waals surface area (Å²) in [6.07, 6.45) is 0. The minimum absolute atomic E-state index is 0.0601. The monoisotopic (exact) mass is 398 g/mol. The van der Waals surface area contributed by atoms with Crippen molar-refractivity contribution in [1.82, 2.24) is 10.5 Å². The highest BCUT2D eigenvalue weighted by Gasteiger charge is 2.22. The van der Waals surface area contributed by atoms with Gasteiger partial charge in [0.25, 0.3) is 0 Å². The Balaban J connectivity index is 1.82. The minimum Gasteiger partial charge on any atom is -0.360 e. The van der Waals surface area contributed by atoms with Crippen LogP contribution in [-0.2, 0) is 19.6 Å². The maximum Gasteiger partial charge on any atom is 0.245 e.